The van der Waals surface area contributed by atoms with E-state index in [0.717, 1.165) is 37.5 Å². The highest BCUT2D eigenvalue weighted by atomic mass is 32.2. The van der Waals surface area contributed by atoms with Crippen LogP contribution in [0.4, 0.5) is 14.7 Å². The summed E-state index contributed by atoms with van der Waals surface area (Å²) < 4.78 is 36.8. The van der Waals surface area contributed by atoms with Crippen LogP contribution in [0.15, 0.2) is 28.9 Å². The number of anilines is 1. The Morgan fingerprint density at radius 3 is 2.69 bits per heavy atom. The second-order valence-electron chi connectivity index (χ2n) is 9.64. The van der Waals surface area contributed by atoms with E-state index in [4.69, 9.17) is 10.5 Å². The normalized spacial score (nSPS) is 18.6. The molecule has 204 valence electrons. The van der Waals surface area contributed by atoms with Gasteiger partial charge < -0.3 is 20.5 Å². The number of likely N-dealkylation sites (N-methyl/N-ethyl adjacent to an activating group) is 1. The number of thioether (sulfide) groups is 1. The number of aliphatic hydroxyl groups excluding tert-OH is 1. The van der Waals surface area contributed by atoms with Gasteiger partial charge in [0.1, 0.15) is 11.6 Å². The van der Waals surface area contributed by atoms with Gasteiger partial charge in [0.2, 0.25) is 5.95 Å². The fourth-order valence-electron chi connectivity index (χ4n) is 5.71. The summed E-state index contributed by atoms with van der Waals surface area (Å²) >= 11 is 0.790. The number of nitriles is 1. The van der Waals surface area contributed by atoms with Gasteiger partial charge in [-0.05, 0) is 30.6 Å². The molecule has 12 heteroatoms. The number of hydrogen-bond acceptors (Lipinski definition) is 10. The minimum Gasteiger partial charge on any atom is -0.394 e. The van der Waals surface area contributed by atoms with Gasteiger partial charge in [-0.2, -0.15) is 5.26 Å². The quantitative estimate of drug-likeness (QED) is 0.399. The lowest BCUT2D eigenvalue weighted by Gasteiger charge is -2.38. The van der Waals surface area contributed by atoms with Crippen LogP contribution < -0.4 is 10.6 Å². The average Bonchev–Trinajstić information content (AvgIpc) is 3.59. The molecule has 39 heavy (non-hydrogen) atoms. The summed E-state index contributed by atoms with van der Waals surface area (Å²) in [6, 6.07) is 1.97. The largest absolute Gasteiger partial charge is 0.394 e. The minimum atomic E-state index is -0.750. The Hall–Kier alpha value is -3.37. The van der Waals surface area contributed by atoms with E-state index in [1.807, 2.05) is 11.0 Å². The third-order valence-electron chi connectivity index (χ3n) is 7.60. The number of benzene rings is 1. The van der Waals surface area contributed by atoms with E-state index in [1.54, 1.807) is 6.20 Å². The lowest BCUT2D eigenvalue weighted by atomic mass is 9.94. The molecule has 5 rings (SSSR count). The number of fused-ring (bicyclic) bond motifs is 3. The number of nitrogens with zero attached hydrogens (tertiary/aromatic N) is 6. The molecule has 1 atom stereocenters. The van der Waals surface area contributed by atoms with E-state index in [2.05, 4.69) is 40.3 Å². The van der Waals surface area contributed by atoms with E-state index in [0.29, 0.717) is 35.6 Å². The van der Waals surface area contributed by atoms with Crippen molar-refractivity contribution in [2.75, 3.05) is 37.7 Å². The van der Waals surface area contributed by atoms with Crippen LogP contribution in [0.25, 0.3) is 22.2 Å². The van der Waals surface area contributed by atoms with Crippen molar-refractivity contribution in [2.45, 2.75) is 43.9 Å². The number of pyridine rings is 1. The predicted molar refractivity (Wildman–Crippen MR) is 145 cm³/mol. The second-order valence-corrected chi connectivity index (χ2v) is 10.8. The van der Waals surface area contributed by atoms with Gasteiger partial charge in [-0.3, -0.25) is 9.88 Å². The van der Waals surface area contributed by atoms with Gasteiger partial charge >= 0.3 is 0 Å². The van der Waals surface area contributed by atoms with Crippen LogP contribution in [0.2, 0.25) is 0 Å². The standard InChI is InChI=1S/C27H29F2N7O2S/c1-4-36(5-2)27(14-37)6-7-35(13-27)26-33-9-17-18-11-38-12-19(18)21(22(29)24(17)34-26)23-16(8-30)25(39-15(3)31)20(28)10-32-23/h9-10,37H,3-7,11-14,31H2,1-2H3. The first kappa shape index (κ1) is 27.2. The smallest absolute Gasteiger partial charge is 0.226 e. The summed E-state index contributed by atoms with van der Waals surface area (Å²) in [5, 5.41) is 20.8. The summed E-state index contributed by atoms with van der Waals surface area (Å²) in [7, 11) is 0. The van der Waals surface area contributed by atoms with Gasteiger partial charge in [-0.15, -0.1) is 0 Å². The van der Waals surface area contributed by atoms with Crippen LogP contribution in [0, 0.1) is 23.0 Å². The van der Waals surface area contributed by atoms with Gasteiger partial charge in [0, 0.05) is 30.2 Å². The molecule has 1 fully saturated rings. The minimum absolute atomic E-state index is 0.00837. The van der Waals surface area contributed by atoms with Crippen molar-refractivity contribution in [1.29, 1.82) is 5.26 Å². The number of ether oxygens (including phenoxy) is 1. The first-order valence-electron chi connectivity index (χ1n) is 12.7. The molecule has 1 aromatic carbocycles. The zero-order valence-electron chi connectivity index (χ0n) is 21.8. The van der Waals surface area contributed by atoms with E-state index in [1.165, 1.54) is 0 Å². The Morgan fingerprint density at radius 1 is 1.28 bits per heavy atom. The maximum atomic E-state index is 16.4. The number of aromatic nitrogens is 3. The van der Waals surface area contributed by atoms with Crippen LogP contribution in [0.3, 0.4) is 0 Å². The Kier molecular flexibility index (Phi) is 7.43. The zero-order chi connectivity index (χ0) is 27.9. The maximum Gasteiger partial charge on any atom is 0.226 e. The van der Waals surface area contributed by atoms with Crippen LogP contribution in [-0.2, 0) is 18.0 Å². The Labute approximate surface area is 229 Å². The number of nitrogens with two attached hydrogens (primary N) is 1. The Morgan fingerprint density at radius 2 is 2.03 bits per heavy atom. The lowest BCUT2D eigenvalue weighted by molar-refractivity contribution is 0.0533. The highest BCUT2D eigenvalue weighted by molar-refractivity contribution is 8.03. The predicted octanol–water partition coefficient (Wildman–Crippen LogP) is 3.68. The van der Waals surface area contributed by atoms with Crippen molar-refractivity contribution in [3.63, 3.8) is 0 Å². The van der Waals surface area contributed by atoms with Crippen molar-refractivity contribution in [2.24, 2.45) is 5.73 Å². The van der Waals surface area contributed by atoms with Crippen molar-refractivity contribution in [3.05, 3.63) is 52.3 Å². The van der Waals surface area contributed by atoms with E-state index in [-0.39, 0.29) is 52.1 Å². The van der Waals surface area contributed by atoms with E-state index < -0.39 is 17.2 Å². The van der Waals surface area contributed by atoms with Crippen molar-refractivity contribution >= 4 is 28.6 Å². The Bertz CT molecular complexity index is 1510. The zero-order valence-corrected chi connectivity index (χ0v) is 22.6. The summed E-state index contributed by atoms with van der Waals surface area (Å²) in [5.41, 5.74) is 6.44. The first-order valence-corrected chi connectivity index (χ1v) is 13.5. The molecule has 1 unspecified atom stereocenters. The monoisotopic (exact) mass is 553 g/mol. The second kappa shape index (κ2) is 10.7. The lowest BCUT2D eigenvalue weighted by Crippen LogP contribution is -2.53. The number of rotatable bonds is 8. The molecule has 0 amide bonds. The van der Waals surface area contributed by atoms with Crippen molar-refractivity contribution in [3.8, 4) is 17.3 Å². The molecule has 2 aromatic heterocycles. The third kappa shape index (κ3) is 4.49. The van der Waals surface area contributed by atoms with Gasteiger partial charge in [-0.25, -0.2) is 18.7 Å². The van der Waals surface area contributed by atoms with E-state index >= 15 is 4.39 Å². The van der Waals surface area contributed by atoms with Gasteiger partial charge in [0.15, 0.2) is 11.6 Å². The Balaban J connectivity index is 1.66. The summed E-state index contributed by atoms with van der Waals surface area (Å²) in [6.07, 6.45) is 3.26. The topological polar surface area (TPSA) is 124 Å². The fraction of sp³-hybridized carbons (Fsp3) is 0.407. The third-order valence-corrected chi connectivity index (χ3v) is 8.47. The van der Waals surface area contributed by atoms with E-state index in [9.17, 15) is 14.8 Å². The highest BCUT2D eigenvalue weighted by Gasteiger charge is 2.42. The fourth-order valence-corrected chi connectivity index (χ4v) is 6.36. The highest BCUT2D eigenvalue weighted by Crippen LogP contribution is 2.42. The molecule has 2 aliphatic heterocycles. The SMILES string of the molecule is C=C(N)Sc1c(F)cnc(-c2c3c(c4cnc(N5CCC(CO)(N(CC)CC)C5)nc4c2F)COC3)c1C#N. The molecule has 0 spiro atoms. The molecule has 3 aromatic rings. The molecule has 0 saturated carbocycles. The summed E-state index contributed by atoms with van der Waals surface area (Å²) in [5.74, 6) is -1.09. The van der Waals surface area contributed by atoms with Crippen molar-refractivity contribution < 1.29 is 18.6 Å². The first-order chi connectivity index (χ1) is 18.8. The van der Waals surface area contributed by atoms with Crippen LogP contribution in [-0.4, -0.2) is 63.3 Å². The molecule has 3 N–H and O–H groups in total. The molecule has 1 saturated heterocycles. The molecule has 2 aliphatic rings. The molecule has 9 nitrogen and oxygen atoms in total. The molecular weight excluding hydrogens is 524 g/mol. The van der Waals surface area contributed by atoms with Gasteiger partial charge in [-0.1, -0.05) is 32.2 Å². The van der Waals surface area contributed by atoms with Crippen LogP contribution >= 0.6 is 11.8 Å². The van der Waals surface area contributed by atoms with Crippen LogP contribution in [0.1, 0.15) is 37.0 Å². The molecular formula is C27H29F2N7O2S. The van der Waals surface area contributed by atoms with Crippen LogP contribution in [0.5, 0.6) is 0 Å². The van der Waals surface area contributed by atoms with Gasteiger partial charge in [0.25, 0.3) is 0 Å². The molecule has 4 heterocycles. The number of halogens is 2. The van der Waals surface area contributed by atoms with Crippen molar-refractivity contribution in [1.82, 2.24) is 19.9 Å². The maximum absolute atomic E-state index is 16.4. The molecule has 0 radical (unpaired) electrons. The number of aliphatic hydroxyl groups is 1. The molecule has 0 aliphatic carbocycles. The molecule has 0 bridgehead atoms. The summed E-state index contributed by atoms with van der Waals surface area (Å²) in [4.78, 5) is 17.4. The summed E-state index contributed by atoms with van der Waals surface area (Å²) in [6.45, 7) is 10.7. The van der Waals surface area contributed by atoms with Gasteiger partial charge in [0.05, 0.1) is 52.7 Å². The average molecular weight is 554 g/mol. The number of hydrogen-bond donors (Lipinski definition) is 2.